The number of carbonyl (C=O) groups is 1. The largest absolute Gasteiger partial charge is 0.359 e. The number of carbonyl (C=O) groups excluding carboxylic acids is 1. The summed E-state index contributed by atoms with van der Waals surface area (Å²) in [5.74, 6) is 6.13. The number of Topliss-reactive ketones (excluding diaryl/α,β-unsaturated/α-hetero) is 1. The molecule has 1 unspecified atom stereocenters. The molecule has 0 saturated heterocycles. The number of rotatable bonds is 3. The van der Waals surface area contributed by atoms with Crippen molar-refractivity contribution in [3.63, 3.8) is 0 Å². The number of hydrogen-bond donors (Lipinski definition) is 0. The first-order valence-corrected chi connectivity index (χ1v) is 6.52. The molecule has 0 radical (unpaired) electrons. The van der Waals surface area contributed by atoms with Gasteiger partial charge in [-0.1, -0.05) is 18.1 Å². The molecule has 0 aliphatic heterocycles. The predicted molar refractivity (Wildman–Crippen MR) is 70.9 cm³/mol. The Hall–Kier alpha value is -1.11. The summed E-state index contributed by atoms with van der Waals surface area (Å²) in [5.41, 5.74) is 0. The maximum absolute atomic E-state index is 11.8. The van der Waals surface area contributed by atoms with Crippen LogP contribution in [0.4, 0.5) is 0 Å². The Morgan fingerprint density at radius 1 is 1.50 bits per heavy atom. The molecule has 1 aliphatic carbocycles. The summed E-state index contributed by atoms with van der Waals surface area (Å²) < 4.78 is 10.4. The maximum Gasteiger partial charge on any atom is 0.147 e. The average molecular weight is 250 g/mol. The highest BCUT2D eigenvalue weighted by Crippen LogP contribution is 2.11. The molecule has 0 N–H and O–H groups in total. The second-order valence-corrected chi connectivity index (χ2v) is 4.48. The molecule has 0 saturated carbocycles. The topological polar surface area (TPSA) is 35.5 Å². The van der Waals surface area contributed by atoms with E-state index in [4.69, 9.17) is 9.47 Å². The van der Waals surface area contributed by atoms with Crippen molar-refractivity contribution in [1.29, 1.82) is 0 Å². The van der Waals surface area contributed by atoms with Crippen molar-refractivity contribution in [1.82, 2.24) is 0 Å². The van der Waals surface area contributed by atoms with Gasteiger partial charge in [-0.2, -0.15) is 0 Å². The Balaban J connectivity index is 2.58. The average Bonchev–Trinajstić information content (AvgIpc) is 2.37. The molecule has 2 atom stereocenters. The lowest BCUT2D eigenvalue weighted by Crippen LogP contribution is -2.16. The lowest BCUT2D eigenvalue weighted by Gasteiger charge is -2.14. The molecule has 1 rings (SSSR count). The minimum Gasteiger partial charge on any atom is -0.359 e. The first kappa shape index (κ1) is 14.9. The fraction of sp³-hybridized carbons (Fsp3) is 0.667. The van der Waals surface area contributed by atoms with E-state index in [9.17, 15) is 4.79 Å². The van der Waals surface area contributed by atoms with Crippen LogP contribution >= 0.6 is 0 Å². The van der Waals surface area contributed by atoms with Crippen LogP contribution in [0.3, 0.4) is 0 Å². The number of ketones is 1. The van der Waals surface area contributed by atoms with Crippen LogP contribution in [0.25, 0.3) is 0 Å². The van der Waals surface area contributed by atoms with Gasteiger partial charge in [0.1, 0.15) is 12.6 Å². The van der Waals surface area contributed by atoms with Gasteiger partial charge in [-0.05, 0) is 26.2 Å². The third-order valence-corrected chi connectivity index (χ3v) is 2.90. The first-order chi connectivity index (χ1) is 8.74. The molecule has 0 aromatic rings. The molecular formula is C15H22O3. The first-order valence-electron chi connectivity index (χ1n) is 6.52. The number of allylic oxidation sites excluding steroid dienone is 1. The predicted octanol–water partition coefficient (Wildman–Crippen LogP) is 2.70. The molecule has 0 amide bonds. The fourth-order valence-electron chi connectivity index (χ4n) is 1.75. The third kappa shape index (κ3) is 6.00. The second-order valence-electron chi connectivity index (χ2n) is 4.48. The zero-order valence-corrected chi connectivity index (χ0v) is 11.3. The Morgan fingerprint density at radius 3 is 3.11 bits per heavy atom. The summed E-state index contributed by atoms with van der Waals surface area (Å²) in [6.45, 7) is 2.14. The van der Waals surface area contributed by atoms with Gasteiger partial charge in [0.05, 0.1) is 12.0 Å². The monoisotopic (exact) mass is 250 g/mol. The Labute approximate surface area is 110 Å². The van der Waals surface area contributed by atoms with E-state index in [1.807, 2.05) is 13.0 Å². The van der Waals surface area contributed by atoms with Crippen LogP contribution in [0.1, 0.15) is 39.0 Å². The molecule has 0 aromatic carbocycles. The van der Waals surface area contributed by atoms with Crippen LogP contribution < -0.4 is 0 Å². The zero-order chi connectivity index (χ0) is 13.2. The lowest BCUT2D eigenvalue weighted by molar-refractivity contribution is -0.122. The molecule has 0 fully saturated rings. The lowest BCUT2D eigenvalue weighted by atomic mass is 10.00. The standard InChI is InChI=1S/C15H22O3/c1-13-8-6-4-3-5-7-9-14(18-12-17-2)10-11-15(13)16/h7,9,13-14H,3-5,10-12H2,1-2H3/b9-7+/t13-,14?/m0/s1. The molecule has 0 aromatic heterocycles. The minimum atomic E-state index is -0.156. The van der Waals surface area contributed by atoms with Gasteiger partial charge in [0.15, 0.2) is 0 Å². The van der Waals surface area contributed by atoms with E-state index in [1.165, 1.54) is 0 Å². The molecule has 100 valence electrons. The molecule has 1 aliphatic rings. The summed E-state index contributed by atoms with van der Waals surface area (Å²) in [6.07, 6.45) is 8.20. The van der Waals surface area contributed by atoms with Crippen LogP contribution in [0.5, 0.6) is 0 Å². The summed E-state index contributed by atoms with van der Waals surface area (Å²) >= 11 is 0. The van der Waals surface area contributed by atoms with Crippen LogP contribution in [0.15, 0.2) is 12.2 Å². The van der Waals surface area contributed by atoms with Crippen molar-refractivity contribution in [3.8, 4) is 11.8 Å². The number of hydrogen-bond acceptors (Lipinski definition) is 3. The van der Waals surface area contributed by atoms with Crippen molar-refractivity contribution < 1.29 is 14.3 Å². The molecule has 3 heteroatoms. The van der Waals surface area contributed by atoms with Gasteiger partial charge in [0.2, 0.25) is 0 Å². The molecule has 0 bridgehead atoms. The summed E-state index contributed by atoms with van der Waals surface area (Å²) in [5, 5.41) is 0. The van der Waals surface area contributed by atoms with Crippen molar-refractivity contribution in [2.24, 2.45) is 5.92 Å². The van der Waals surface area contributed by atoms with E-state index in [2.05, 4.69) is 17.9 Å². The molecular weight excluding hydrogens is 228 g/mol. The number of methoxy groups -OCH3 is 1. The molecule has 3 nitrogen and oxygen atoms in total. The van der Waals surface area contributed by atoms with Gasteiger partial charge < -0.3 is 9.47 Å². The van der Waals surface area contributed by atoms with E-state index < -0.39 is 0 Å². The second kappa shape index (κ2) is 8.91. The van der Waals surface area contributed by atoms with E-state index in [1.54, 1.807) is 7.11 Å². The van der Waals surface area contributed by atoms with E-state index in [0.717, 1.165) is 19.3 Å². The summed E-state index contributed by atoms with van der Waals surface area (Å²) in [7, 11) is 1.60. The van der Waals surface area contributed by atoms with Crippen molar-refractivity contribution in [2.45, 2.75) is 45.1 Å². The van der Waals surface area contributed by atoms with E-state index in [-0.39, 0.29) is 24.6 Å². The fourth-order valence-corrected chi connectivity index (χ4v) is 1.75. The highest BCUT2D eigenvalue weighted by molar-refractivity contribution is 5.83. The third-order valence-electron chi connectivity index (χ3n) is 2.90. The minimum absolute atomic E-state index is 0.0338. The van der Waals surface area contributed by atoms with Gasteiger partial charge in [-0.25, -0.2) is 0 Å². The van der Waals surface area contributed by atoms with E-state index >= 15 is 0 Å². The van der Waals surface area contributed by atoms with Gasteiger partial charge in [0.25, 0.3) is 0 Å². The van der Waals surface area contributed by atoms with Gasteiger partial charge in [-0.3, -0.25) is 4.79 Å². The molecule has 0 spiro atoms. The Kier molecular flexibility index (Phi) is 7.40. The van der Waals surface area contributed by atoms with Crippen LogP contribution in [-0.2, 0) is 14.3 Å². The smallest absolute Gasteiger partial charge is 0.147 e. The van der Waals surface area contributed by atoms with Crippen LogP contribution in [0.2, 0.25) is 0 Å². The van der Waals surface area contributed by atoms with Crippen molar-refractivity contribution >= 4 is 5.78 Å². The van der Waals surface area contributed by atoms with Gasteiger partial charge >= 0.3 is 0 Å². The van der Waals surface area contributed by atoms with Gasteiger partial charge in [-0.15, -0.1) is 5.92 Å². The number of ether oxygens (including phenoxy) is 2. The highest BCUT2D eigenvalue weighted by atomic mass is 16.7. The van der Waals surface area contributed by atoms with Crippen molar-refractivity contribution in [3.05, 3.63) is 12.2 Å². The molecule has 0 heterocycles. The maximum atomic E-state index is 11.8. The normalized spacial score (nSPS) is 27.6. The van der Waals surface area contributed by atoms with Gasteiger partial charge in [0, 0.05) is 20.0 Å². The van der Waals surface area contributed by atoms with Crippen LogP contribution in [0, 0.1) is 17.8 Å². The quantitative estimate of drug-likeness (QED) is 0.439. The van der Waals surface area contributed by atoms with E-state index in [0.29, 0.717) is 12.8 Å². The highest BCUT2D eigenvalue weighted by Gasteiger charge is 2.13. The van der Waals surface area contributed by atoms with Crippen LogP contribution in [-0.4, -0.2) is 25.8 Å². The Morgan fingerprint density at radius 2 is 2.33 bits per heavy atom. The SMILES string of the molecule is COCOC1/C=C/CCCC#C[C@H](C)C(=O)CC1. The Bertz CT molecular complexity index is 335. The molecule has 18 heavy (non-hydrogen) atoms. The zero-order valence-electron chi connectivity index (χ0n) is 11.3. The summed E-state index contributed by atoms with van der Waals surface area (Å²) in [6, 6.07) is 0. The van der Waals surface area contributed by atoms with Crippen molar-refractivity contribution in [2.75, 3.05) is 13.9 Å². The summed E-state index contributed by atoms with van der Waals surface area (Å²) in [4.78, 5) is 11.8.